The molecule has 19 heavy (non-hydrogen) atoms. The summed E-state index contributed by atoms with van der Waals surface area (Å²) in [5.41, 5.74) is 1.15. The maximum atomic E-state index is 12.9. The third kappa shape index (κ3) is 4.15. The van der Waals surface area contributed by atoms with Gasteiger partial charge in [-0.05, 0) is 48.9 Å². The van der Waals surface area contributed by atoms with Crippen LogP contribution in [0, 0.1) is 5.82 Å². The van der Waals surface area contributed by atoms with Crippen LogP contribution in [0.5, 0.6) is 0 Å². The Kier molecular flexibility index (Phi) is 5.11. The summed E-state index contributed by atoms with van der Waals surface area (Å²) in [7, 11) is 0. The highest BCUT2D eigenvalue weighted by Gasteiger charge is 2.13. The van der Waals surface area contributed by atoms with E-state index in [1.807, 2.05) is 12.1 Å². The van der Waals surface area contributed by atoms with E-state index < -0.39 is 0 Å². The normalized spacial score (nSPS) is 14.3. The van der Waals surface area contributed by atoms with Crippen LogP contribution in [-0.4, -0.2) is 6.04 Å². The first kappa shape index (κ1) is 14.2. The number of hydrogen-bond donors (Lipinski definition) is 1. The van der Waals surface area contributed by atoms with Gasteiger partial charge < -0.3 is 5.32 Å². The highest BCUT2D eigenvalue weighted by Crippen LogP contribution is 2.19. The highest BCUT2D eigenvalue weighted by atomic mass is 32.1. The second-order valence-electron chi connectivity index (χ2n) is 4.86. The Balaban J connectivity index is 1.96. The van der Waals surface area contributed by atoms with Crippen LogP contribution in [0.25, 0.3) is 0 Å². The molecule has 0 aliphatic carbocycles. The lowest BCUT2D eigenvalue weighted by atomic mass is 10.0. The van der Waals surface area contributed by atoms with Gasteiger partial charge in [-0.15, -0.1) is 11.3 Å². The second-order valence-corrected chi connectivity index (χ2v) is 5.90. The number of benzene rings is 1. The lowest BCUT2D eigenvalue weighted by Crippen LogP contribution is -2.31. The van der Waals surface area contributed by atoms with Gasteiger partial charge in [-0.1, -0.05) is 25.1 Å². The molecule has 2 unspecified atom stereocenters. The van der Waals surface area contributed by atoms with Crippen LogP contribution in [0.15, 0.2) is 41.8 Å². The largest absolute Gasteiger partial charge is 0.307 e. The molecule has 0 fully saturated rings. The molecule has 1 N–H and O–H groups in total. The van der Waals surface area contributed by atoms with Crippen LogP contribution in [0.4, 0.5) is 4.39 Å². The SMILES string of the molecule is CCC(NC(C)Cc1cccs1)c1ccc(F)cc1. The summed E-state index contributed by atoms with van der Waals surface area (Å²) in [5.74, 6) is -0.176. The Labute approximate surface area is 118 Å². The number of nitrogens with one attached hydrogen (secondary N) is 1. The molecule has 1 nitrogen and oxygen atoms in total. The third-order valence-electron chi connectivity index (χ3n) is 3.25. The molecule has 0 aliphatic heterocycles. The van der Waals surface area contributed by atoms with Crippen LogP contribution < -0.4 is 5.32 Å². The fourth-order valence-corrected chi connectivity index (χ4v) is 3.11. The summed E-state index contributed by atoms with van der Waals surface area (Å²) >= 11 is 1.79. The predicted octanol–water partition coefficient (Wildman–Crippen LogP) is 4.56. The van der Waals surface area contributed by atoms with Gasteiger partial charge >= 0.3 is 0 Å². The molecule has 102 valence electrons. The van der Waals surface area contributed by atoms with Crippen molar-refractivity contribution < 1.29 is 4.39 Å². The van der Waals surface area contributed by atoms with E-state index in [4.69, 9.17) is 0 Å². The van der Waals surface area contributed by atoms with Crippen molar-refractivity contribution >= 4 is 11.3 Å². The summed E-state index contributed by atoms with van der Waals surface area (Å²) in [6, 6.07) is 11.8. The topological polar surface area (TPSA) is 12.0 Å². The fourth-order valence-electron chi connectivity index (χ4n) is 2.28. The van der Waals surface area contributed by atoms with Crippen LogP contribution in [0.1, 0.15) is 36.8 Å². The maximum Gasteiger partial charge on any atom is 0.123 e. The number of rotatable bonds is 6. The van der Waals surface area contributed by atoms with Crippen molar-refractivity contribution in [3.05, 3.63) is 58.0 Å². The van der Waals surface area contributed by atoms with Crippen molar-refractivity contribution in [1.82, 2.24) is 5.32 Å². The number of halogens is 1. The van der Waals surface area contributed by atoms with E-state index in [-0.39, 0.29) is 11.9 Å². The van der Waals surface area contributed by atoms with Crippen molar-refractivity contribution in [3.63, 3.8) is 0 Å². The molecular formula is C16H20FNS. The van der Waals surface area contributed by atoms with E-state index in [0.29, 0.717) is 6.04 Å². The molecule has 0 saturated carbocycles. The van der Waals surface area contributed by atoms with Gasteiger partial charge in [0.25, 0.3) is 0 Å². The van der Waals surface area contributed by atoms with Gasteiger partial charge in [0.05, 0.1) is 0 Å². The van der Waals surface area contributed by atoms with E-state index in [1.54, 1.807) is 11.3 Å². The average Bonchev–Trinajstić information content (AvgIpc) is 2.90. The molecule has 0 saturated heterocycles. The zero-order valence-electron chi connectivity index (χ0n) is 11.4. The molecule has 1 heterocycles. The van der Waals surface area contributed by atoms with Crippen LogP contribution >= 0.6 is 11.3 Å². The number of thiophene rings is 1. The summed E-state index contributed by atoms with van der Waals surface area (Å²) in [6.07, 6.45) is 2.04. The van der Waals surface area contributed by atoms with Crippen molar-refractivity contribution in [1.29, 1.82) is 0 Å². The lowest BCUT2D eigenvalue weighted by Gasteiger charge is -2.22. The van der Waals surface area contributed by atoms with Gasteiger partial charge in [0, 0.05) is 17.0 Å². The van der Waals surface area contributed by atoms with E-state index in [1.165, 1.54) is 17.0 Å². The van der Waals surface area contributed by atoms with Crippen LogP contribution in [0.3, 0.4) is 0 Å². The quantitative estimate of drug-likeness (QED) is 0.816. The predicted molar refractivity (Wildman–Crippen MR) is 80.1 cm³/mol. The van der Waals surface area contributed by atoms with Crippen molar-refractivity contribution in [3.8, 4) is 0 Å². The summed E-state index contributed by atoms with van der Waals surface area (Å²) in [6.45, 7) is 4.35. The van der Waals surface area contributed by atoms with Crippen molar-refractivity contribution in [2.24, 2.45) is 0 Å². The lowest BCUT2D eigenvalue weighted by molar-refractivity contribution is 0.444. The van der Waals surface area contributed by atoms with Gasteiger partial charge in [-0.25, -0.2) is 4.39 Å². The van der Waals surface area contributed by atoms with E-state index >= 15 is 0 Å². The molecule has 0 amide bonds. The van der Waals surface area contributed by atoms with Crippen molar-refractivity contribution in [2.45, 2.75) is 38.8 Å². The first-order chi connectivity index (χ1) is 9.19. The molecule has 2 rings (SSSR count). The van der Waals surface area contributed by atoms with E-state index in [0.717, 1.165) is 18.4 Å². The molecule has 0 radical (unpaired) electrons. The Morgan fingerprint density at radius 2 is 1.95 bits per heavy atom. The smallest absolute Gasteiger partial charge is 0.123 e. The highest BCUT2D eigenvalue weighted by molar-refractivity contribution is 7.09. The van der Waals surface area contributed by atoms with Gasteiger partial charge in [-0.2, -0.15) is 0 Å². The standard InChI is InChI=1S/C16H20FNS/c1-3-16(13-6-8-14(17)9-7-13)18-12(2)11-15-5-4-10-19-15/h4-10,12,16,18H,3,11H2,1-2H3. The monoisotopic (exact) mass is 277 g/mol. The van der Waals surface area contributed by atoms with Gasteiger partial charge in [0.2, 0.25) is 0 Å². The second kappa shape index (κ2) is 6.83. The van der Waals surface area contributed by atoms with Gasteiger partial charge in [0.1, 0.15) is 5.82 Å². The van der Waals surface area contributed by atoms with Crippen LogP contribution in [0.2, 0.25) is 0 Å². The summed E-state index contributed by atoms with van der Waals surface area (Å²) in [5, 5.41) is 5.74. The first-order valence-corrected chi connectivity index (χ1v) is 7.61. The first-order valence-electron chi connectivity index (χ1n) is 6.73. The zero-order chi connectivity index (χ0) is 13.7. The molecule has 0 aliphatic rings. The fraction of sp³-hybridized carbons (Fsp3) is 0.375. The summed E-state index contributed by atoms with van der Waals surface area (Å²) in [4.78, 5) is 1.40. The van der Waals surface area contributed by atoms with Gasteiger partial charge in [0.15, 0.2) is 0 Å². The molecule has 2 aromatic rings. The van der Waals surface area contributed by atoms with E-state index in [9.17, 15) is 4.39 Å². The Bertz CT molecular complexity index is 478. The molecule has 2 atom stereocenters. The molecular weight excluding hydrogens is 257 g/mol. The molecule has 1 aromatic carbocycles. The zero-order valence-corrected chi connectivity index (χ0v) is 12.2. The average molecular weight is 277 g/mol. The Morgan fingerprint density at radius 1 is 1.21 bits per heavy atom. The minimum absolute atomic E-state index is 0.176. The minimum atomic E-state index is -0.176. The molecule has 0 spiro atoms. The number of hydrogen-bond acceptors (Lipinski definition) is 2. The van der Waals surface area contributed by atoms with E-state index in [2.05, 4.69) is 36.7 Å². The summed E-state index contributed by atoms with van der Waals surface area (Å²) < 4.78 is 12.9. The van der Waals surface area contributed by atoms with Crippen LogP contribution in [-0.2, 0) is 6.42 Å². The molecule has 3 heteroatoms. The third-order valence-corrected chi connectivity index (χ3v) is 4.15. The maximum absolute atomic E-state index is 12.9. The minimum Gasteiger partial charge on any atom is -0.307 e. The molecule has 0 bridgehead atoms. The van der Waals surface area contributed by atoms with Crippen molar-refractivity contribution in [2.75, 3.05) is 0 Å². The Hall–Kier alpha value is -1.19. The Morgan fingerprint density at radius 3 is 2.53 bits per heavy atom. The van der Waals surface area contributed by atoms with Gasteiger partial charge in [-0.3, -0.25) is 0 Å². The molecule has 1 aromatic heterocycles.